The van der Waals surface area contributed by atoms with Crippen molar-refractivity contribution in [2.45, 2.75) is 19.8 Å². The molecule has 0 fully saturated rings. The number of nitrogens with one attached hydrogen (secondary N) is 2. The molecule has 0 bridgehead atoms. The van der Waals surface area contributed by atoms with Crippen LogP contribution < -0.4 is 10.6 Å². The molecular formula is C13H17ClN2O3. The van der Waals surface area contributed by atoms with Gasteiger partial charge in [-0.25, -0.2) is 0 Å². The van der Waals surface area contributed by atoms with E-state index in [4.69, 9.17) is 11.6 Å². The molecule has 6 heteroatoms. The highest BCUT2D eigenvalue weighted by Crippen LogP contribution is 2.23. The maximum Gasteiger partial charge on any atom is 0.251 e. The lowest BCUT2D eigenvalue weighted by molar-refractivity contribution is -0.120. The van der Waals surface area contributed by atoms with Gasteiger partial charge in [0, 0.05) is 25.1 Å². The van der Waals surface area contributed by atoms with Gasteiger partial charge in [-0.05, 0) is 24.6 Å². The van der Waals surface area contributed by atoms with Crippen molar-refractivity contribution in [2.24, 2.45) is 0 Å². The second kappa shape index (κ2) is 7.63. The molecule has 0 aliphatic heterocycles. The lowest BCUT2D eigenvalue weighted by Gasteiger charge is -2.06. The van der Waals surface area contributed by atoms with E-state index in [-0.39, 0.29) is 35.6 Å². The van der Waals surface area contributed by atoms with E-state index in [1.807, 2.05) is 6.92 Å². The zero-order chi connectivity index (χ0) is 14.3. The van der Waals surface area contributed by atoms with Gasteiger partial charge in [0.1, 0.15) is 5.75 Å². The summed E-state index contributed by atoms with van der Waals surface area (Å²) in [6.07, 6.45) is 1.11. The van der Waals surface area contributed by atoms with Gasteiger partial charge in [-0.1, -0.05) is 18.5 Å². The molecule has 0 aliphatic rings. The van der Waals surface area contributed by atoms with E-state index in [1.54, 1.807) is 0 Å². The number of amides is 2. The van der Waals surface area contributed by atoms with Crippen LogP contribution in [0.5, 0.6) is 5.75 Å². The fourth-order valence-corrected chi connectivity index (χ4v) is 1.57. The Morgan fingerprint density at radius 3 is 2.63 bits per heavy atom. The number of benzene rings is 1. The highest BCUT2D eigenvalue weighted by molar-refractivity contribution is 6.32. The Labute approximate surface area is 117 Å². The summed E-state index contributed by atoms with van der Waals surface area (Å²) in [5.74, 6) is -0.492. The summed E-state index contributed by atoms with van der Waals surface area (Å²) in [5.41, 5.74) is 0.344. The minimum absolute atomic E-state index is 0.0721. The lowest BCUT2D eigenvalue weighted by Crippen LogP contribution is -2.31. The van der Waals surface area contributed by atoms with Crippen LogP contribution in [0.15, 0.2) is 18.2 Å². The second-order valence-corrected chi connectivity index (χ2v) is 4.43. The molecule has 2 amide bonds. The fraction of sp³-hybridized carbons (Fsp3) is 0.385. The predicted octanol–water partition coefficient (Wildman–Crippen LogP) is 1.69. The van der Waals surface area contributed by atoms with Crippen molar-refractivity contribution in [1.82, 2.24) is 10.6 Å². The van der Waals surface area contributed by atoms with E-state index in [2.05, 4.69) is 10.6 Å². The number of aromatic hydroxyl groups is 1. The van der Waals surface area contributed by atoms with Crippen LogP contribution in [-0.4, -0.2) is 30.0 Å². The summed E-state index contributed by atoms with van der Waals surface area (Å²) in [4.78, 5) is 23.0. The molecule has 104 valence electrons. The smallest absolute Gasteiger partial charge is 0.251 e. The van der Waals surface area contributed by atoms with E-state index in [0.29, 0.717) is 12.1 Å². The number of phenolic OH excluding ortho intramolecular Hbond substituents is 1. The molecule has 0 radical (unpaired) electrons. The Balaban J connectivity index is 2.39. The van der Waals surface area contributed by atoms with Crippen LogP contribution in [0.2, 0.25) is 5.02 Å². The zero-order valence-corrected chi connectivity index (χ0v) is 11.5. The quantitative estimate of drug-likeness (QED) is 0.744. The van der Waals surface area contributed by atoms with Gasteiger partial charge >= 0.3 is 0 Å². The Morgan fingerprint density at radius 1 is 1.26 bits per heavy atom. The Hall–Kier alpha value is -1.75. The molecule has 0 heterocycles. The minimum Gasteiger partial charge on any atom is -0.506 e. The van der Waals surface area contributed by atoms with Crippen molar-refractivity contribution in [2.75, 3.05) is 13.1 Å². The van der Waals surface area contributed by atoms with Crippen molar-refractivity contribution < 1.29 is 14.7 Å². The van der Waals surface area contributed by atoms with Crippen LogP contribution >= 0.6 is 11.6 Å². The van der Waals surface area contributed by atoms with Crippen LogP contribution in [0.1, 0.15) is 30.1 Å². The summed E-state index contributed by atoms with van der Waals surface area (Å²) < 4.78 is 0. The predicted molar refractivity (Wildman–Crippen MR) is 73.4 cm³/mol. The Morgan fingerprint density at radius 2 is 2.00 bits per heavy atom. The number of carbonyl (C=O) groups is 2. The van der Waals surface area contributed by atoms with Gasteiger partial charge in [0.15, 0.2) is 0 Å². The van der Waals surface area contributed by atoms with Gasteiger partial charge in [-0.15, -0.1) is 0 Å². The average Bonchev–Trinajstić information content (AvgIpc) is 2.39. The van der Waals surface area contributed by atoms with Crippen LogP contribution in [0, 0.1) is 0 Å². The van der Waals surface area contributed by atoms with Crippen LogP contribution in [0.4, 0.5) is 0 Å². The highest BCUT2D eigenvalue weighted by Gasteiger charge is 2.08. The van der Waals surface area contributed by atoms with Crippen LogP contribution in [-0.2, 0) is 4.79 Å². The first kappa shape index (κ1) is 15.3. The molecule has 1 aromatic carbocycles. The standard InChI is InChI=1S/C13H17ClN2O3/c1-2-6-15-12(18)5-7-16-13(19)9-3-4-11(17)10(14)8-9/h3-4,8,17H,2,5-7H2,1H3,(H,15,18)(H,16,19). The molecule has 0 saturated carbocycles. The van der Waals surface area contributed by atoms with E-state index in [0.717, 1.165) is 6.42 Å². The maximum absolute atomic E-state index is 11.7. The monoisotopic (exact) mass is 284 g/mol. The van der Waals surface area contributed by atoms with Crippen molar-refractivity contribution in [1.29, 1.82) is 0 Å². The topological polar surface area (TPSA) is 78.4 Å². The van der Waals surface area contributed by atoms with Crippen molar-refractivity contribution in [3.05, 3.63) is 28.8 Å². The first-order valence-corrected chi connectivity index (χ1v) is 6.45. The first-order valence-electron chi connectivity index (χ1n) is 6.08. The molecule has 1 aromatic rings. The molecule has 19 heavy (non-hydrogen) atoms. The molecule has 0 aromatic heterocycles. The molecule has 0 aliphatic carbocycles. The highest BCUT2D eigenvalue weighted by atomic mass is 35.5. The SMILES string of the molecule is CCCNC(=O)CCNC(=O)c1ccc(O)c(Cl)c1. The van der Waals surface area contributed by atoms with E-state index >= 15 is 0 Å². The number of hydrogen-bond acceptors (Lipinski definition) is 3. The summed E-state index contributed by atoms with van der Waals surface area (Å²) in [6.45, 7) is 2.86. The third-order valence-corrected chi connectivity index (χ3v) is 2.72. The fourth-order valence-electron chi connectivity index (χ4n) is 1.39. The van der Waals surface area contributed by atoms with Crippen molar-refractivity contribution in [3.63, 3.8) is 0 Å². The third-order valence-electron chi connectivity index (χ3n) is 2.42. The zero-order valence-electron chi connectivity index (χ0n) is 10.7. The third kappa shape index (κ3) is 5.18. The number of hydrogen-bond donors (Lipinski definition) is 3. The molecular weight excluding hydrogens is 268 g/mol. The van der Waals surface area contributed by atoms with Crippen molar-refractivity contribution in [3.8, 4) is 5.75 Å². The number of halogens is 1. The van der Waals surface area contributed by atoms with Gasteiger partial charge in [-0.2, -0.15) is 0 Å². The van der Waals surface area contributed by atoms with Gasteiger partial charge in [0.25, 0.3) is 5.91 Å². The Bertz CT molecular complexity index is 463. The summed E-state index contributed by atoms with van der Waals surface area (Å²) >= 11 is 5.71. The first-order chi connectivity index (χ1) is 9.04. The minimum atomic E-state index is -0.329. The molecule has 3 N–H and O–H groups in total. The molecule has 1 rings (SSSR count). The molecule has 5 nitrogen and oxygen atoms in total. The van der Waals surface area contributed by atoms with Crippen LogP contribution in [0.25, 0.3) is 0 Å². The van der Waals surface area contributed by atoms with E-state index in [9.17, 15) is 14.7 Å². The summed E-state index contributed by atoms with van der Waals surface area (Å²) in [6, 6.07) is 4.20. The number of rotatable bonds is 6. The average molecular weight is 285 g/mol. The number of carbonyl (C=O) groups excluding carboxylic acids is 2. The van der Waals surface area contributed by atoms with Gasteiger partial charge in [-0.3, -0.25) is 9.59 Å². The van der Waals surface area contributed by atoms with E-state index in [1.165, 1.54) is 18.2 Å². The molecule has 0 spiro atoms. The number of phenols is 1. The van der Waals surface area contributed by atoms with E-state index < -0.39 is 0 Å². The molecule has 0 saturated heterocycles. The second-order valence-electron chi connectivity index (χ2n) is 4.02. The lowest BCUT2D eigenvalue weighted by atomic mass is 10.2. The summed E-state index contributed by atoms with van der Waals surface area (Å²) in [5, 5.41) is 14.7. The Kier molecular flexibility index (Phi) is 6.15. The molecule has 0 atom stereocenters. The maximum atomic E-state index is 11.7. The van der Waals surface area contributed by atoms with Crippen molar-refractivity contribution >= 4 is 23.4 Å². The van der Waals surface area contributed by atoms with Gasteiger partial charge in [0.2, 0.25) is 5.91 Å². The van der Waals surface area contributed by atoms with Gasteiger partial charge < -0.3 is 15.7 Å². The van der Waals surface area contributed by atoms with Crippen LogP contribution in [0.3, 0.4) is 0 Å². The normalized spacial score (nSPS) is 10.0. The summed E-state index contributed by atoms with van der Waals surface area (Å²) in [7, 11) is 0. The molecule has 0 unspecified atom stereocenters. The largest absolute Gasteiger partial charge is 0.506 e. The van der Waals surface area contributed by atoms with Gasteiger partial charge in [0.05, 0.1) is 5.02 Å².